The normalized spacial score (nSPS) is 28.3. The predicted octanol–water partition coefficient (Wildman–Crippen LogP) is 2.54. The molecule has 0 amide bonds. The highest BCUT2D eigenvalue weighted by molar-refractivity contribution is 7.89. The first-order valence-corrected chi connectivity index (χ1v) is 9.70. The van der Waals surface area contributed by atoms with Gasteiger partial charge in [-0.05, 0) is 43.2 Å². The number of furan rings is 1. The van der Waals surface area contributed by atoms with Crippen molar-refractivity contribution in [2.45, 2.75) is 44.7 Å². The standard InChI is InChI=1S/C16H26N2O3S/c1-13-9-14(2)11-17(10-13)12-15-5-6-16(21-15)22(19,20)18-7-3-4-8-18/h5-6,13-14H,3-4,7-12H2,1-2H3/t13-,14-/m0/s1. The summed E-state index contributed by atoms with van der Waals surface area (Å²) >= 11 is 0. The molecular formula is C16H26N2O3S. The molecule has 0 aliphatic carbocycles. The van der Waals surface area contributed by atoms with Crippen LogP contribution in [0, 0.1) is 11.8 Å². The first kappa shape index (κ1) is 16.0. The molecule has 124 valence electrons. The number of piperidine rings is 1. The Labute approximate surface area is 133 Å². The zero-order valence-corrected chi connectivity index (χ0v) is 14.3. The van der Waals surface area contributed by atoms with Gasteiger partial charge in [0, 0.05) is 26.2 Å². The highest BCUT2D eigenvalue weighted by Crippen LogP contribution is 2.26. The third kappa shape index (κ3) is 3.39. The van der Waals surface area contributed by atoms with Crippen molar-refractivity contribution in [2.75, 3.05) is 26.2 Å². The number of likely N-dealkylation sites (tertiary alicyclic amines) is 1. The molecule has 2 aliphatic heterocycles. The minimum atomic E-state index is -3.43. The summed E-state index contributed by atoms with van der Waals surface area (Å²) < 4.78 is 32.1. The second kappa shape index (κ2) is 6.34. The van der Waals surface area contributed by atoms with Gasteiger partial charge >= 0.3 is 0 Å². The van der Waals surface area contributed by atoms with E-state index in [0.717, 1.165) is 31.7 Å². The Hall–Kier alpha value is -0.850. The Morgan fingerprint density at radius 2 is 1.77 bits per heavy atom. The Morgan fingerprint density at radius 3 is 2.41 bits per heavy atom. The van der Waals surface area contributed by atoms with Gasteiger partial charge in [0.25, 0.3) is 10.0 Å². The Balaban J connectivity index is 1.68. The highest BCUT2D eigenvalue weighted by Gasteiger charge is 2.30. The van der Waals surface area contributed by atoms with E-state index in [1.54, 1.807) is 6.07 Å². The summed E-state index contributed by atoms with van der Waals surface area (Å²) in [6.45, 7) is 8.57. The highest BCUT2D eigenvalue weighted by atomic mass is 32.2. The van der Waals surface area contributed by atoms with Crippen molar-refractivity contribution >= 4 is 10.0 Å². The second-order valence-corrected chi connectivity index (χ2v) is 8.84. The van der Waals surface area contributed by atoms with E-state index in [4.69, 9.17) is 4.42 Å². The van der Waals surface area contributed by atoms with Crippen LogP contribution in [0.1, 0.15) is 38.9 Å². The second-order valence-electron chi connectivity index (χ2n) is 6.97. The molecule has 3 heterocycles. The van der Waals surface area contributed by atoms with Gasteiger partial charge in [0.05, 0.1) is 6.54 Å². The average Bonchev–Trinajstić information content (AvgIpc) is 3.08. The number of nitrogens with zero attached hydrogens (tertiary/aromatic N) is 2. The van der Waals surface area contributed by atoms with Crippen LogP contribution in [-0.4, -0.2) is 43.8 Å². The van der Waals surface area contributed by atoms with E-state index < -0.39 is 10.0 Å². The largest absolute Gasteiger partial charge is 0.447 e. The van der Waals surface area contributed by atoms with Crippen LogP contribution >= 0.6 is 0 Å². The van der Waals surface area contributed by atoms with Gasteiger partial charge in [-0.2, -0.15) is 4.31 Å². The maximum atomic E-state index is 12.5. The molecule has 2 atom stereocenters. The first-order chi connectivity index (χ1) is 10.4. The monoisotopic (exact) mass is 326 g/mol. The molecule has 0 saturated carbocycles. The number of rotatable bonds is 4. The van der Waals surface area contributed by atoms with E-state index in [0.29, 0.717) is 31.5 Å². The molecule has 1 aromatic rings. The molecule has 0 radical (unpaired) electrons. The molecule has 0 bridgehead atoms. The Bertz CT molecular complexity index is 595. The van der Waals surface area contributed by atoms with E-state index in [1.165, 1.54) is 10.7 Å². The lowest BCUT2D eigenvalue weighted by Crippen LogP contribution is -2.38. The summed E-state index contributed by atoms with van der Waals surface area (Å²) in [5, 5.41) is 0.0995. The van der Waals surface area contributed by atoms with Gasteiger partial charge in [0.1, 0.15) is 5.76 Å². The molecule has 22 heavy (non-hydrogen) atoms. The van der Waals surface area contributed by atoms with E-state index >= 15 is 0 Å². The van der Waals surface area contributed by atoms with Crippen LogP contribution in [0.25, 0.3) is 0 Å². The third-order valence-electron chi connectivity index (χ3n) is 4.62. The summed E-state index contributed by atoms with van der Waals surface area (Å²) in [6.07, 6.45) is 3.15. The van der Waals surface area contributed by atoms with Crippen molar-refractivity contribution in [2.24, 2.45) is 11.8 Å². The topological polar surface area (TPSA) is 53.8 Å². The van der Waals surface area contributed by atoms with Crippen molar-refractivity contribution in [3.05, 3.63) is 17.9 Å². The quantitative estimate of drug-likeness (QED) is 0.853. The van der Waals surface area contributed by atoms with Gasteiger partial charge in [-0.15, -0.1) is 0 Å². The van der Waals surface area contributed by atoms with Crippen LogP contribution < -0.4 is 0 Å². The lowest BCUT2D eigenvalue weighted by molar-refractivity contribution is 0.124. The molecule has 2 fully saturated rings. The van der Waals surface area contributed by atoms with E-state index in [9.17, 15) is 8.42 Å². The van der Waals surface area contributed by atoms with Crippen LogP contribution in [0.2, 0.25) is 0 Å². The minimum absolute atomic E-state index is 0.0995. The minimum Gasteiger partial charge on any atom is -0.447 e. The number of hydrogen-bond acceptors (Lipinski definition) is 4. The van der Waals surface area contributed by atoms with Crippen LogP contribution in [0.3, 0.4) is 0 Å². The molecule has 0 aromatic carbocycles. The van der Waals surface area contributed by atoms with Gasteiger partial charge in [-0.1, -0.05) is 13.8 Å². The van der Waals surface area contributed by atoms with E-state index in [2.05, 4.69) is 18.7 Å². The lowest BCUT2D eigenvalue weighted by atomic mass is 9.92. The SMILES string of the molecule is C[C@H]1C[C@H](C)CN(Cc2ccc(S(=O)(=O)N3CCCC3)o2)C1. The molecule has 2 aliphatic rings. The van der Waals surface area contributed by atoms with Crippen molar-refractivity contribution in [3.63, 3.8) is 0 Å². The molecular weight excluding hydrogens is 300 g/mol. The fraction of sp³-hybridized carbons (Fsp3) is 0.750. The van der Waals surface area contributed by atoms with E-state index in [1.807, 2.05) is 6.07 Å². The summed E-state index contributed by atoms with van der Waals surface area (Å²) in [5.41, 5.74) is 0. The van der Waals surface area contributed by atoms with Crippen molar-refractivity contribution in [3.8, 4) is 0 Å². The Morgan fingerprint density at radius 1 is 1.14 bits per heavy atom. The maximum Gasteiger partial charge on any atom is 0.276 e. The molecule has 3 rings (SSSR count). The maximum absolute atomic E-state index is 12.5. The van der Waals surface area contributed by atoms with Crippen molar-refractivity contribution in [1.82, 2.24) is 9.21 Å². The predicted molar refractivity (Wildman–Crippen MR) is 84.9 cm³/mol. The van der Waals surface area contributed by atoms with Crippen LogP contribution in [0.4, 0.5) is 0 Å². The third-order valence-corrected chi connectivity index (χ3v) is 6.39. The molecule has 2 saturated heterocycles. The number of hydrogen-bond donors (Lipinski definition) is 0. The van der Waals surface area contributed by atoms with Crippen LogP contribution in [0.5, 0.6) is 0 Å². The summed E-state index contributed by atoms with van der Waals surface area (Å²) in [6, 6.07) is 3.42. The summed E-state index contributed by atoms with van der Waals surface area (Å²) in [4.78, 5) is 2.37. The number of sulfonamides is 1. The van der Waals surface area contributed by atoms with Gasteiger partial charge in [0.15, 0.2) is 0 Å². The summed E-state index contributed by atoms with van der Waals surface area (Å²) in [7, 11) is -3.43. The van der Waals surface area contributed by atoms with Gasteiger partial charge in [-0.25, -0.2) is 8.42 Å². The first-order valence-electron chi connectivity index (χ1n) is 8.26. The van der Waals surface area contributed by atoms with Crippen LogP contribution in [0.15, 0.2) is 21.6 Å². The van der Waals surface area contributed by atoms with Gasteiger partial charge in [-0.3, -0.25) is 4.90 Å². The van der Waals surface area contributed by atoms with Crippen LogP contribution in [-0.2, 0) is 16.6 Å². The van der Waals surface area contributed by atoms with E-state index in [-0.39, 0.29) is 5.09 Å². The van der Waals surface area contributed by atoms with Gasteiger partial charge in [0.2, 0.25) is 5.09 Å². The van der Waals surface area contributed by atoms with Crippen molar-refractivity contribution < 1.29 is 12.8 Å². The Kier molecular flexibility index (Phi) is 4.61. The molecule has 1 aromatic heterocycles. The molecule has 6 heteroatoms. The fourth-order valence-electron chi connectivity index (χ4n) is 3.78. The molecule has 0 N–H and O–H groups in total. The van der Waals surface area contributed by atoms with Crippen molar-refractivity contribution in [1.29, 1.82) is 0 Å². The lowest BCUT2D eigenvalue weighted by Gasteiger charge is -2.34. The fourth-order valence-corrected chi connectivity index (χ4v) is 5.22. The average molecular weight is 326 g/mol. The molecule has 0 unspecified atom stereocenters. The molecule has 0 spiro atoms. The zero-order chi connectivity index (χ0) is 15.7. The zero-order valence-electron chi connectivity index (χ0n) is 13.5. The molecule has 5 nitrogen and oxygen atoms in total. The summed E-state index contributed by atoms with van der Waals surface area (Å²) in [5.74, 6) is 2.12. The smallest absolute Gasteiger partial charge is 0.276 e. The van der Waals surface area contributed by atoms with Gasteiger partial charge < -0.3 is 4.42 Å².